The highest BCUT2D eigenvalue weighted by Crippen LogP contribution is 2.30. The molecule has 0 saturated heterocycles. The van der Waals surface area contributed by atoms with Crippen LogP contribution in [0, 0.1) is 6.92 Å². The van der Waals surface area contributed by atoms with Crippen molar-refractivity contribution in [3.63, 3.8) is 0 Å². The van der Waals surface area contributed by atoms with Crippen LogP contribution in [0.2, 0.25) is 0 Å². The Labute approximate surface area is 174 Å². The first-order chi connectivity index (χ1) is 13.5. The van der Waals surface area contributed by atoms with Gasteiger partial charge in [0.25, 0.3) is 0 Å². The van der Waals surface area contributed by atoms with E-state index in [9.17, 15) is 4.79 Å². The number of hydrogen-bond donors (Lipinski definition) is 1. The van der Waals surface area contributed by atoms with Crippen molar-refractivity contribution in [3.8, 4) is 10.9 Å². The fourth-order valence-corrected chi connectivity index (χ4v) is 4.04. The van der Waals surface area contributed by atoms with Crippen LogP contribution in [0.4, 0.5) is 5.82 Å². The first-order valence-corrected chi connectivity index (χ1v) is 10.2. The molecule has 28 heavy (non-hydrogen) atoms. The number of carbonyl (C=O) groups excluding carboxylic acids is 1. The van der Waals surface area contributed by atoms with Crippen LogP contribution in [-0.4, -0.2) is 27.8 Å². The highest BCUT2D eigenvalue weighted by Gasteiger charge is 2.15. The van der Waals surface area contributed by atoms with Crippen LogP contribution in [0.3, 0.4) is 0 Å². The summed E-state index contributed by atoms with van der Waals surface area (Å²) in [5.74, 6) is 1.28. The first kappa shape index (κ1) is 18.6. The van der Waals surface area contributed by atoms with Gasteiger partial charge in [0.1, 0.15) is 11.6 Å². The second kappa shape index (κ2) is 7.73. The van der Waals surface area contributed by atoms with E-state index in [0.29, 0.717) is 10.9 Å². The minimum Gasteiger partial charge on any atom is -0.497 e. The molecule has 0 spiro atoms. The predicted octanol–water partition coefficient (Wildman–Crippen LogP) is 4.74. The number of rotatable bonds is 5. The highest BCUT2D eigenvalue weighted by atomic mass is 79.9. The number of benzene rings is 2. The molecule has 1 N–H and O–H groups in total. The second-order valence-electron chi connectivity index (χ2n) is 6.26. The minimum atomic E-state index is -0.105. The Morgan fingerprint density at radius 1 is 1.21 bits per heavy atom. The van der Waals surface area contributed by atoms with Gasteiger partial charge in [0.05, 0.1) is 29.4 Å². The number of nitrogens with one attached hydrogen (secondary N) is 1. The normalized spacial score (nSPS) is 11.0. The standard InChI is InChI=1S/C20H17BrN4O2S/c1-12-9-18(23-19(26)10-13-3-5-14(21)6-4-13)25(24-12)20-22-16-8-7-15(27-2)11-17(16)28-20/h3-9,11H,10H2,1-2H3,(H,23,26). The summed E-state index contributed by atoms with van der Waals surface area (Å²) in [6, 6.07) is 15.3. The van der Waals surface area contributed by atoms with Gasteiger partial charge in [-0.05, 0) is 42.8 Å². The lowest BCUT2D eigenvalue weighted by molar-refractivity contribution is -0.115. The molecule has 0 atom stereocenters. The number of halogens is 1. The third-order valence-corrected chi connectivity index (χ3v) is 5.66. The van der Waals surface area contributed by atoms with Crippen LogP contribution in [0.1, 0.15) is 11.3 Å². The number of hydrogen-bond acceptors (Lipinski definition) is 5. The van der Waals surface area contributed by atoms with Gasteiger partial charge >= 0.3 is 0 Å². The number of ether oxygens (including phenoxy) is 1. The zero-order chi connectivity index (χ0) is 19.7. The molecule has 4 rings (SSSR count). The molecule has 4 aromatic rings. The highest BCUT2D eigenvalue weighted by molar-refractivity contribution is 9.10. The van der Waals surface area contributed by atoms with Gasteiger partial charge in [0.15, 0.2) is 0 Å². The summed E-state index contributed by atoms with van der Waals surface area (Å²) in [4.78, 5) is 17.2. The maximum atomic E-state index is 12.5. The van der Waals surface area contributed by atoms with E-state index in [2.05, 4.69) is 31.3 Å². The van der Waals surface area contributed by atoms with Crippen LogP contribution in [0.15, 0.2) is 53.0 Å². The van der Waals surface area contributed by atoms with E-state index < -0.39 is 0 Å². The van der Waals surface area contributed by atoms with E-state index in [0.717, 1.165) is 31.7 Å². The van der Waals surface area contributed by atoms with Crippen molar-refractivity contribution in [2.24, 2.45) is 0 Å². The van der Waals surface area contributed by atoms with Crippen molar-refractivity contribution in [2.75, 3.05) is 12.4 Å². The number of carbonyl (C=O) groups is 1. The zero-order valence-electron chi connectivity index (χ0n) is 15.3. The monoisotopic (exact) mass is 456 g/mol. The van der Waals surface area contributed by atoms with Crippen LogP contribution in [0.5, 0.6) is 5.75 Å². The van der Waals surface area contributed by atoms with E-state index >= 15 is 0 Å². The Morgan fingerprint density at radius 3 is 2.75 bits per heavy atom. The van der Waals surface area contributed by atoms with Crippen molar-refractivity contribution in [1.82, 2.24) is 14.8 Å². The molecule has 0 aliphatic rings. The molecule has 0 aliphatic heterocycles. The van der Waals surface area contributed by atoms with E-state index in [1.54, 1.807) is 11.8 Å². The van der Waals surface area contributed by atoms with Crippen molar-refractivity contribution in [2.45, 2.75) is 13.3 Å². The van der Waals surface area contributed by atoms with Crippen LogP contribution in [0.25, 0.3) is 15.3 Å². The van der Waals surface area contributed by atoms with Crippen LogP contribution >= 0.6 is 27.3 Å². The van der Waals surface area contributed by atoms with Gasteiger partial charge in [-0.15, -0.1) is 0 Å². The maximum absolute atomic E-state index is 12.5. The average Bonchev–Trinajstić information content (AvgIpc) is 3.25. The predicted molar refractivity (Wildman–Crippen MR) is 115 cm³/mol. The molecule has 0 unspecified atom stereocenters. The van der Waals surface area contributed by atoms with E-state index in [1.165, 1.54) is 11.3 Å². The fraction of sp³-hybridized carbons (Fsp3) is 0.150. The van der Waals surface area contributed by atoms with Gasteiger partial charge in [-0.2, -0.15) is 9.78 Å². The summed E-state index contributed by atoms with van der Waals surface area (Å²) in [6.45, 7) is 1.89. The largest absolute Gasteiger partial charge is 0.497 e. The first-order valence-electron chi connectivity index (χ1n) is 8.58. The molecular formula is C20H17BrN4O2S. The quantitative estimate of drug-likeness (QED) is 0.470. The number of fused-ring (bicyclic) bond motifs is 1. The zero-order valence-corrected chi connectivity index (χ0v) is 17.7. The molecule has 2 aromatic heterocycles. The SMILES string of the molecule is COc1ccc2nc(-n3nc(C)cc3NC(=O)Cc3ccc(Br)cc3)sc2c1. The smallest absolute Gasteiger partial charge is 0.229 e. The molecule has 2 heterocycles. The lowest BCUT2D eigenvalue weighted by atomic mass is 10.1. The Morgan fingerprint density at radius 2 is 2.00 bits per heavy atom. The lowest BCUT2D eigenvalue weighted by Gasteiger charge is -2.06. The number of amides is 1. The third-order valence-electron chi connectivity index (χ3n) is 4.14. The molecule has 0 aliphatic carbocycles. The number of anilines is 1. The Balaban J connectivity index is 1.59. The third kappa shape index (κ3) is 3.93. The summed E-state index contributed by atoms with van der Waals surface area (Å²) in [5.41, 5.74) is 2.60. The summed E-state index contributed by atoms with van der Waals surface area (Å²) >= 11 is 4.89. The molecule has 1 amide bonds. The van der Waals surface area contributed by atoms with Gasteiger partial charge in [-0.1, -0.05) is 39.4 Å². The van der Waals surface area contributed by atoms with Crippen molar-refractivity contribution < 1.29 is 9.53 Å². The molecule has 8 heteroatoms. The van der Waals surface area contributed by atoms with E-state index in [4.69, 9.17) is 4.74 Å². The molecule has 6 nitrogen and oxygen atoms in total. The summed E-state index contributed by atoms with van der Waals surface area (Å²) < 4.78 is 8.93. The van der Waals surface area contributed by atoms with Gasteiger partial charge in [-0.25, -0.2) is 4.98 Å². The van der Waals surface area contributed by atoms with Gasteiger partial charge in [0.2, 0.25) is 11.0 Å². The topological polar surface area (TPSA) is 69.0 Å². The number of thiazole rings is 1. The summed E-state index contributed by atoms with van der Waals surface area (Å²) in [5, 5.41) is 8.14. The number of aromatic nitrogens is 3. The molecule has 142 valence electrons. The van der Waals surface area contributed by atoms with Gasteiger partial charge in [0, 0.05) is 10.5 Å². The van der Waals surface area contributed by atoms with Crippen molar-refractivity contribution in [1.29, 1.82) is 0 Å². The maximum Gasteiger partial charge on any atom is 0.229 e. The second-order valence-corrected chi connectivity index (χ2v) is 8.19. The van der Waals surface area contributed by atoms with Gasteiger partial charge < -0.3 is 10.1 Å². The number of methoxy groups -OCH3 is 1. The van der Waals surface area contributed by atoms with E-state index in [-0.39, 0.29) is 12.3 Å². The fourth-order valence-electron chi connectivity index (χ4n) is 2.82. The average molecular weight is 457 g/mol. The van der Waals surface area contributed by atoms with Gasteiger partial charge in [-0.3, -0.25) is 4.79 Å². The van der Waals surface area contributed by atoms with E-state index in [1.807, 2.05) is 55.5 Å². The molecular weight excluding hydrogens is 440 g/mol. The van der Waals surface area contributed by atoms with Crippen molar-refractivity contribution in [3.05, 3.63) is 64.3 Å². The Hall–Kier alpha value is -2.71. The number of nitrogens with zero attached hydrogens (tertiary/aromatic N) is 3. The Bertz CT molecular complexity index is 1150. The summed E-state index contributed by atoms with van der Waals surface area (Å²) in [6.07, 6.45) is 0.286. The molecule has 0 bridgehead atoms. The Kier molecular flexibility index (Phi) is 5.15. The molecule has 2 aromatic carbocycles. The molecule has 0 saturated carbocycles. The summed E-state index contributed by atoms with van der Waals surface area (Å²) in [7, 11) is 1.64. The minimum absolute atomic E-state index is 0.105. The lowest BCUT2D eigenvalue weighted by Crippen LogP contribution is -2.17. The van der Waals surface area contributed by atoms with Crippen LogP contribution < -0.4 is 10.1 Å². The molecule has 0 fully saturated rings. The number of aryl methyl sites for hydroxylation is 1. The van der Waals surface area contributed by atoms with Crippen molar-refractivity contribution >= 4 is 49.2 Å². The van der Waals surface area contributed by atoms with Crippen LogP contribution in [-0.2, 0) is 11.2 Å². The molecule has 0 radical (unpaired) electrons.